The van der Waals surface area contributed by atoms with E-state index in [4.69, 9.17) is 0 Å². The zero-order chi connectivity index (χ0) is 20.5. The lowest BCUT2D eigenvalue weighted by atomic mass is 10.1. The van der Waals surface area contributed by atoms with Crippen molar-refractivity contribution in [3.63, 3.8) is 0 Å². The van der Waals surface area contributed by atoms with Gasteiger partial charge in [-0.2, -0.15) is 0 Å². The highest BCUT2D eigenvalue weighted by atomic mass is 16.1. The van der Waals surface area contributed by atoms with Gasteiger partial charge in [-0.05, 0) is 36.2 Å². The third-order valence-electron chi connectivity index (χ3n) is 4.35. The van der Waals surface area contributed by atoms with Crippen LogP contribution in [0.2, 0.25) is 0 Å². The Bertz CT molecular complexity index is 959. The number of amides is 1. The summed E-state index contributed by atoms with van der Waals surface area (Å²) >= 11 is 0. The first-order valence-corrected chi connectivity index (χ1v) is 9.65. The number of ketones is 1. The van der Waals surface area contributed by atoms with Crippen molar-refractivity contribution in [2.24, 2.45) is 0 Å². The molecule has 1 amide bonds. The van der Waals surface area contributed by atoms with Gasteiger partial charge in [0.2, 0.25) is 0 Å². The summed E-state index contributed by atoms with van der Waals surface area (Å²) in [6.45, 7) is 2.48. The SMILES string of the molecule is CCCC(=O)Cc1cc(NCc2cccnc2)c(C(=O)Nc2ccccc2)cn1. The van der Waals surface area contributed by atoms with E-state index in [2.05, 4.69) is 20.6 Å². The smallest absolute Gasteiger partial charge is 0.259 e. The minimum absolute atomic E-state index is 0.139. The lowest BCUT2D eigenvalue weighted by Crippen LogP contribution is -2.16. The first kappa shape index (κ1) is 20.2. The molecule has 2 aromatic heterocycles. The van der Waals surface area contributed by atoms with E-state index < -0.39 is 0 Å². The number of para-hydroxylation sites is 1. The molecule has 0 unspecified atom stereocenters. The molecule has 0 aliphatic heterocycles. The number of Topliss-reactive ketones (excluding diaryl/α,β-unsaturated/α-hetero) is 1. The Labute approximate surface area is 170 Å². The highest BCUT2D eigenvalue weighted by molar-refractivity contribution is 6.07. The predicted octanol–water partition coefficient (Wildman–Crippen LogP) is 4.25. The average Bonchev–Trinajstić information content (AvgIpc) is 2.74. The fourth-order valence-electron chi connectivity index (χ4n) is 2.91. The van der Waals surface area contributed by atoms with Gasteiger partial charge in [0.25, 0.3) is 5.91 Å². The summed E-state index contributed by atoms with van der Waals surface area (Å²) in [7, 11) is 0. The Kier molecular flexibility index (Phi) is 7.05. The van der Waals surface area contributed by atoms with Gasteiger partial charge in [0.05, 0.1) is 11.3 Å². The van der Waals surface area contributed by atoms with Crippen LogP contribution in [0.15, 0.2) is 67.1 Å². The number of aromatic nitrogens is 2. The third-order valence-corrected chi connectivity index (χ3v) is 4.35. The molecule has 0 atom stereocenters. The molecule has 3 aromatic rings. The number of hydrogen-bond acceptors (Lipinski definition) is 5. The van der Waals surface area contributed by atoms with E-state index in [1.54, 1.807) is 18.5 Å². The molecule has 0 bridgehead atoms. The van der Waals surface area contributed by atoms with Crippen LogP contribution in [0.4, 0.5) is 11.4 Å². The summed E-state index contributed by atoms with van der Waals surface area (Å²) in [5, 5.41) is 6.17. The van der Waals surface area contributed by atoms with Crippen molar-refractivity contribution in [3.8, 4) is 0 Å². The Balaban J connectivity index is 1.82. The number of rotatable bonds is 9. The second-order valence-corrected chi connectivity index (χ2v) is 6.72. The maximum absolute atomic E-state index is 12.8. The van der Waals surface area contributed by atoms with Crippen molar-refractivity contribution in [2.75, 3.05) is 10.6 Å². The number of carbonyl (C=O) groups excluding carboxylic acids is 2. The van der Waals surface area contributed by atoms with Crippen LogP contribution in [0.3, 0.4) is 0 Å². The van der Waals surface area contributed by atoms with Crippen molar-refractivity contribution in [1.29, 1.82) is 0 Å². The molecule has 6 heteroatoms. The molecule has 0 fully saturated rings. The standard InChI is InChI=1S/C23H24N4O2/c1-2-7-20(28)12-19-13-22(26-15-17-8-6-11-24-14-17)21(16-25-19)23(29)27-18-9-4-3-5-10-18/h3-6,8-11,13-14,16H,2,7,12,15H2,1H3,(H,25,26)(H,27,29). The van der Waals surface area contributed by atoms with Crippen LogP contribution < -0.4 is 10.6 Å². The predicted molar refractivity (Wildman–Crippen MR) is 114 cm³/mol. The highest BCUT2D eigenvalue weighted by Gasteiger charge is 2.15. The third kappa shape index (κ3) is 5.97. The van der Waals surface area contributed by atoms with E-state index in [0.29, 0.717) is 35.6 Å². The van der Waals surface area contributed by atoms with Gasteiger partial charge in [-0.25, -0.2) is 0 Å². The first-order valence-electron chi connectivity index (χ1n) is 9.65. The maximum Gasteiger partial charge on any atom is 0.259 e. The Morgan fingerprint density at radius 3 is 2.59 bits per heavy atom. The number of hydrogen-bond donors (Lipinski definition) is 2. The van der Waals surface area contributed by atoms with Crippen LogP contribution >= 0.6 is 0 Å². The van der Waals surface area contributed by atoms with E-state index in [0.717, 1.165) is 12.0 Å². The zero-order valence-electron chi connectivity index (χ0n) is 16.4. The molecule has 29 heavy (non-hydrogen) atoms. The van der Waals surface area contributed by atoms with Gasteiger partial charge < -0.3 is 10.6 Å². The molecule has 0 saturated heterocycles. The van der Waals surface area contributed by atoms with Crippen molar-refractivity contribution < 1.29 is 9.59 Å². The summed E-state index contributed by atoms with van der Waals surface area (Å²) in [6, 6.07) is 14.9. The molecule has 3 rings (SSSR count). The second kappa shape index (κ2) is 10.1. The molecule has 2 heterocycles. The molecular formula is C23H24N4O2. The van der Waals surface area contributed by atoms with E-state index in [1.807, 2.05) is 49.4 Å². The van der Waals surface area contributed by atoms with Crippen molar-refractivity contribution in [1.82, 2.24) is 9.97 Å². The number of pyridine rings is 2. The normalized spacial score (nSPS) is 10.4. The molecule has 0 aliphatic rings. The molecular weight excluding hydrogens is 364 g/mol. The van der Waals surface area contributed by atoms with Gasteiger partial charge in [0.1, 0.15) is 5.78 Å². The van der Waals surface area contributed by atoms with Gasteiger partial charge >= 0.3 is 0 Å². The van der Waals surface area contributed by atoms with E-state index in [-0.39, 0.29) is 18.1 Å². The molecule has 6 nitrogen and oxygen atoms in total. The van der Waals surface area contributed by atoms with Gasteiger partial charge in [0, 0.05) is 49.4 Å². The lowest BCUT2D eigenvalue weighted by Gasteiger charge is -2.14. The fourth-order valence-corrected chi connectivity index (χ4v) is 2.91. The van der Waals surface area contributed by atoms with Crippen LogP contribution in [0.1, 0.15) is 41.4 Å². The van der Waals surface area contributed by atoms with Crippen LogP contribution in [0.5, 0.6) is 0 Å². The minimum Gasteiger partial charge on any atom is -0.380 e. The van der Waals surface area contributed by atoms with Crippen molar-refractivity contribution >= 4 is 23.1 Å². The van der Waals surface area contributed by atoms with Crippen LogP contribution in [-0.2, 0) is 17.8 Å². The van der Waals surface area contributed by atoms with Crippen molar-refractivity contribution in [2.45, 2.75) is 32.7 Å². The Morgan fingerprint density at radius 2 is 1.86 bits per heavy atom. The summed E-state index contributed by atoms with van der Waals surface area (Å²) < 4.78 is 0. The summed E-state index contributed by atoms with van der Waals surface area (Å²) in [6.07, 6.45) is 6.60. The van der Waals surface area contributed by atoms with Gasteiger partial charge in [0.15, 0.2) is 0 Å². The van der Waals surface area contributed by atoms with Gasteiger partial charge in [-0.15, -0.1) is 0 Å². The average molecular weight is 388 g/mol. The Morgan fingerprint density at radius 1 is 1.03 bits per heavy atom. The molecule has 148 valence electrons. The maximum atomic E-state index is 12.8. The number of benzene rings is 1. The summed E-state index contributed by atoms with van der Waals surface area (Å²) in [5.41, 5.74) is 3.40. The molecule has 0 saturated carbocycles. The zero-order valence-corrected chi connectivity index (χ0v) is 16.4. The molecule has 0 aliphatic carbocycles. The number of carbonyl (C=O) groups is 2. The second-order valence-electron chi connectivity index (χ2n) is 6.72. The summed E-state index contributed by atoms with van der Waals surface area (Å²) in [4.78, 5) is 33.3. The van der Waals surface area contributed by atoms with Gasteiger partial charge in [-0.3, -0.25) is 19.6 Å². The number of anilines is 2. The fraction of sp³-hybridized carbons (Fsp3) is 0.217. The highest BCUT2D eigenvalue weighted by Crippen LogP contribution is 2.20. The lowest BCUT2D eigenvalue weighted by molar-refractivity contribution is -0.118. The monoisotopic (exact) mass is 388 g/mol. The minimum atomic E-state index is -0.260. The van der Waals surface area contributed by atoms with Crippen LogP contribution in [0, 0.1) is 0 Å². The number of nitrogens with one attached hydrogen (secondary N) is 2. The van der Waals surface area contributed by atoms with Crippen molar-refractivity contribution in [3.05, 3.63) is 83.9 Å². The van der Waals surface area contributed by atoms with Crippen LogP contribution in [0.25, 0.3) is 0 Å². The van der Waals surface area contributed by atoms with Gasteiger partial charge in [-0.1, -0.05) is 31.2 Å². The van der Waals surface area contributed by atoms with E-state index in [9.17, 15) is 9.59 Å². The Hall–Kier alpha value is -3.54. The molecule has 0 radical (unpaired) electrons. The van der Waals surface area contributed by atoms with E-state index >= 15 is 0 Å². The van der Waals surface area contributed by atoms with E-state index in [1.165, 1.54) is 6.20 Å². The summed E-state index contributed by atoms with van der Waals surface area (Å²) in [5.74, 6) is -0.122. The number of nitrogens with zero attached hydrogens (tertiary/aromatic N) is 2. The first-order chi connectivity index (χ1) is 14.2. The quantitative estimate of drug-likeness (QED) is 0.572. The molecule has 2 N–H and O–H groups in total. The molecule has 1 aromatic carbocycles. The topological polar surface area (TPSA) is 84.0 Å². The largest absolute Gasteiger partial charge is 0.380 e. The van der Waals surface area contributed by atoms with Crippen LogP contribution in [-0.4, -0.2) is 21.7 Å². The molecule has 0 spiro atoms.